The maximum Gasteiger partial charge on any atom is 0.232 e. The molecule has 0 spiro atoms. The van der Waals surface area contributed by atoms with Crippen LogP contribution in [0.3, 0.4) is 0 Å². The molecule has 1 atom stereocenters. The van der Waals surface area contributed by atoms with Gasteiger partial charge in [-0.3, -0.25) is 4.79 Å². The lowest BCUT2D eigenvalue weighted by atomic mass is 10.1. The van der Waals surface area contributed by atoms with Crippen LogP contribution in [0.25, 0.3) is 0 Å². The van der Waals surface area contributed by atoms with Gasteiger partial charge in [0.15, 0.2) is 0 Å². The van der Waals surface area contributed by atoms with Crippen LogP contribution in [-0.4, -0.2) is 19.1 Å². The first-order chi connectivity index (χ1) is 10.7. The van der Waals surface area contributed by atoms with E-state index >= 15 is 0 Å². The molecule has 0 aromatic heterocycles. The lowest BCUT2D eigenvalue weighted by molar-refractivity contribution is -0.122. The quantitative estimate of drug-likeness (QED) is 0.856. The predicted molar refractivity (Wildman–Crippen MR) is 88.0 cm³/mol. The molecule has 1 amide bonds. The second-order valence-electron chi connectivity index (χ2n) is 5.45. The standard InChI is InChI=1S/C18H18ClNO2/c19-16-8-6-14(7-9-16)12-20(17-4-2-1-3-5-17)18(21)15-10-11-22-13-15/h1-9,15H,10-13H2. The number of anilines is 1. The molecule has 3 rings (SSSR count). The van der Waals surface area contributed by atoms with Gasteiger partial charge in [0.25, 0.3) is 0 Å². The van der Waals surface area contributed by atoms with Crippen LogP contribution in [0.5, 0.6) is 0 Å². The number of rotatable bonds is 4. The summed E-state index contributed by atoms with van der Waals surface area (Å²) in [4.78, 5) is 14.7. The van der Waals surface area contributed by atoms with Crippen molar-refractivity contribution in [2.24, 2.45) is 5.92 Å². The second-order valence-corrected chi connectivity index (χ2v) is 5.88. The maximum absolute atomic E-state index is 12.8. The molecule has 4 heteroatoms. The van der Waals surface area contributed by atoms with E-state index < -0.39 is 0 Å². The van der Waals surface area contributed by atoms with Gasteiger partial charge in [0.05, 0.1) is 19.1 Å². The number of benzene rings is 2. The summed E-state index contributed by atoms with van der Waals surface area (Å²) in [6.07, 6.45) is 0.794. The first-order valence-electron chi connectivity index (χ1n) is 7.42. The molecule has 1 saturated heterocycles. The highest BCUT2D eigenvalue weighted by Crippen LogP contribution is 2.23. The van der Waals surface area contributed by atoms with Crippen molar-refractivity contribution in [2.75, 3.05) is 18.1 Å². The van der Waals surface area contributed by atoms with Gasteiger partial charge in [0.1, 0.15) is 0 Å². The Balaban J connectivity index is 1.85. The summed E-state index contributed by atoms with van der Waals surface area (Å²) in [5.41, 5.74) is 1.97. The van der Waals surface area contributed by atoms with Crippen LogP contribution in [-0.2, 0) is 16.1 Å². The predicted octanol–water partition coefficient (Wildman–Crippen LogP) is 3.91. The van der Waals surface area contributed by atoms with Gasteiger partial charge in [-0.1, -0.05) is 41.9 Å². The van der Waals surface area contributed by atoms with Gasteiger partial charge in [0, 0.05) is 17.3 Å². The molecule has 2 aromatic rings. The minimum atomic E-state index is -0.0486. The third-order valence-corrected chi connectivity index (χ3v) is 4.12. The second kappa shape index (κ2) is 6.95. The molecule has 3 nitrogen and oxygen atoms in total. The summed E-state index contributed by atoms with van der Waals surface area (Å²) in [6.45, 7) is 1.72. The van der Waals surface area contributed by atoms with Gasteiger partial charge in [0.2, 0.25) is 5.91 Å². The number of para-hydroxylation sites is 1. The maximum atomic E-state index is 12.8. The summed E-state index contributed by atoms with van der Waals surface area (Å²) in [5, 5.41) is 0.700. The van der Waals surface area contributed by atoms with E-state index in [4.69, 9.17) is 16.3 Å². The zero-order chi connectivity index (χ0) is 15.4. The molecule has 0 saturated carbocycles. The number of ether oxygens (including phenoxy) is 1. The number of hydrogen-bond acceptors (Lipinski definition) is 2. The molecule has 1 fully saturated rings. The van der Waals surface area contributed by atoms with Gasteiger partial charge in [-0.15, -0.1) is 0 Å². The highest BCUT2D eigenvalue weighted by Gasteiger charge is 2.28. The highest BCUT2D eigenvalue weighted by molar-refractivity contribution is 6.30. The van der Waals surface area contributed by atoms with Crippen LogP contribution in [0, 0.1) is 5.92 Å². The zero-order valence-corrected chi connectivity index (χ0v) is 13.0. The molecular weight excluding hydrogens is 298 g/mol. The van der Waals surface area contributed by atoms with E-state index in [9.17, 15) is 4.79 Å². The van der Waals surface area contributed by atoms with Crippen molar-refractivity contribution < 1.29 is 9.53 Å². The largest absolute Gasteiger partial charge is 0.381 e. The SMILES string of the molecule is O=C(C1CCOC1)N(Cc1ccc(Cl)cc1)c1ccccc1. The minimum Gasteiger partial charge on any atom is -0.381 e. The van der Waals surface area contributed by atoms with E-state index in [1.54, 1.807) is 0 Å². The normalized spacial score (nSPS) is 17.4. The summed E-state index contributed by atoms with van der Waals surface area (Å²) in [5.74, 6) is 0.0751. The van der Waals surface area contributed by atoms with Crippen molar-refractivity contribution in [1.29, 1.82) is 0 Å². The first-order valence-corrected chi connectivity index (χ1v) is 7.80. The monoisotopic (exact) mass is 315 g/mol. The van der Waals surface area contributed by atoms with Crippen LogP contribution < -0.4 is 4.90 Å². The Labute approximate surface area is 135 Å². The summed E-state index contributed by atoms with van der Waals surface area (Å²) < 4.78 is 5.37. The van der Waals surface area contributed by atoms with E-state index in [1.165, 1.54) is 0 Å². The van der Waals surface area contributed by atoms with Crippen molar-refractivity contribution in [3.8, 4) is 0 Å². The summed E-state index contributed by atoms with van der Waals surface area (Å²) in [6, 6.07) is 17.4. The Kier molecular flexibility index (Phi) is 4.76. The van der Waals surface area contributed by atoms with Crippen LogP contribution in [0.2, 0.25) is 5.02 Å². The van der Waals surface area contributed by atoms with E-state index in [0.29, 0.717) is 24.8 Å². The molecule has 1 unspecified atom stereocenters. The minimum absolute atomic E-state index is 0.0486. The van der Waals surface area contributed by atoms with E-state index in [0.717, 1.165) is 17.7 Å². The van der Waals surface area contributed by atoms with Crippen molar-refractivity contribution in [3.63, 3.8) is 0 Å². The number of amides is 1. The van der Waals surface area contributed by atoms with E-state index in [1.807, 2.05) is 59.5 Å². The fourth-order valence-electron chi connectivity index (χ4n) is 2.63. The molecule has 1 aliphatic heterocycles. The molecule has 0 radical (unpaired) electrons. The molecule has 0 bridgehead atoms. The van der Waals surface area contributed by atoms with Crippen LogP contribution in [0.1, 0.15) is 12.0 Å². The van der Waals surface area contributed by atoms with Gasteiger partial charge in [-0.2, -0.15) is 0 Å². The van der Waals surface area contributed by atoms with Gasteiger partial charge >= 0.3 is 0 Å². The third kappa shape index (κ3) is 3.49. The number of carbonyl (C=O) groups is 1. The Morgan fingerprint density at radius 3 is 2.50 bits per heavy atom. The topological polar surface area (TPSA) is 29.5 Å². The Hall–Kier alpha value is -1.84. The van der Waals surface area contributed by atoms with Crippen LogP contribution in [0.4, 0.5) is 5.69 Å². The number of nitrogens with zero attached hydrogens (tertiary/aromatic N) is 1. The van der Waals surface area contributed by atoms with Crippen molar-refractivity contribution >= 4 is 23.2 Å². The summed E-state index contributed by atoms with van der Waals surface area (Å²) >= 11 is 5.93. The van der Waals surface area contributed by atoms with Crippen LogP contribution in [0.15, 0.2) is 54.6 Å². The number of hydrogen-bond donors (Lipinski definition) is 0. The molecule has 22 heavy (non-hydrogen) atoms. The number of halogens is 1. The zero-order valence-electron chi connectivity index (χ0n) is 12.2. The smallest absolute Gasteiger partial charge is 0.232 e. The molecule has 0 N–H and O–H groups in total. The lowest BCUT2D eigenvalue weighted by Crippen LogP contribution is -2.36. The molecule has 114 valence electrons. The first kappa shape index (κ1) is 15.1. The van der Waals surface area contributed by atoms with Crippen molar-refractivity contribution in [1.82, 2.24) is 0 Å². The van der Waals surface area contributed by atoms with Gasteiger partial charge in [-0.25, -0.2) is 0 Å². The average Bonchev–Trinajstić information content (AvgIpc) is 3.09. The Morgan fingerprint density at radius 1 is 1.14 bits per heavy atom. The molecule has 2 aromatic carbocycles. The fraction of sp³-hybridized carbons (Fsp3) is 0.278. The number of carbonyl (C=O) groups excluding carboxylic acids is 1. The van der Waals surface area contributed by atoms with Crippen LogP contribution >= 0.6 is 11.6 Å². The van der Waals surface area contributed by atoms with Crippen molar-refractivity contribution in [2.45, 2.75) is 13.0 Å². The average molecular weight is 316 g/mol. The lowest BCUT2D eigenvalue weighted by Gasteiger charge is -2.25. The van der Waals surface area contributed by atoms with E-state index in [-0.39, 0.29) is 11.8 Å². The Morgan fingerprint density at radius 2 is 1.86 bits per heavy atom. The third-order valence-electron chi connectivity index (χ3n) is 3.87. The Bertz CT molecular complexity index is 621. The fourth-order valence-corrected chi connectivity index (χ4v) is 2.75. The summed E-state index contributed by atoms with van der Waals surface area (Å²) in [7, 11) is 0. The molecule has 1 aliphatic rings. The van der Waals surface area contributed by atoms with Crippen molar-refractivity contribution in [3.05, 3.63) is 65.2 Å². The molecule has 0 aliphatic carbocycles. The molecular formula is C18H18ClNO2. The van der Waals surface area contributed by atoms with Gasteiger partial charge in [-0.05, 0) is 36.2 Å². The molecule has 1 heterocycles. The van der Waals surface area contributed by atoms with E-state index in [2.05, 4.69) is 0 Å². The highest BCUT2D eigenvalue weighted by atomic mass is 35.5. The van der Waals surface area contributed by atoms with Gasteiger partial charge < -0.3 is 9.64 Å².